The van der Waals surface area contributed by atoms with E-state index in [0.29, 0.717) is 25.2 Å². The largest absolute Gasteiger partial charge is 0.336 e. The number of rotatable bonds is 6. The minimum Gasteiger partial charge on any atom is -0.336 e. The Balaban J connectivity index is 1.57. The molecule has 3 nitrogen and oxygen atoms in total. The zero-order valence-electron chi connectivity index (χ0n) is 13.3. The summed E-state index contributed by atoms with van der Waals surface area (Å²) in [5, 5.41) is 0. The zero-order valence-corrected chi connectivity index (χ0v) is 13.3. The summed E-state index contributed by atoms with van der Waals surface area (Å²) < 4.78 is 13.2. The van der Waals surface area contributed by atoms with Crippen LogP contribution in [0.3, 0.4) is 0 Å². The van der Waals surface area contributed by atoms with Crippen LogP contribution >= 0.6 is 0 Å². The van der Waals surface area contributed by atoms with Crippen molar-refractivity contribution in [1.29, 1.82) is 0 Å². The van der Waals surface area contributed by atoms with Gasteiger partial charge in [-0.15, -0.1) is 0 Å². The van der Waals surface area contributed by atoms with Crippen LogP contribution in [0.5, 0.6) is 0 Å². The number of nitrogens with zero attached hydrogens (tertiary/aromatic N) is 2. The van der Waals surface area contributed by atoms with Crippen LogP contribution in [0.1, 0.15) is 44.1 Å². The Bertz CT molecular complexity index is 524. The van der Waals surface area contributed by atoms with Gasteiger partial charge in [0, 0.05) is 18.6 Å². The number of halogens is 1. The number of benzene rings is 1. The van der Waals surface area contributed by atoms with Crippen molar-refractivity contribution in [1.82, 2.24) is 9.80 Å². The molecule has 0 aromatic heterocycles. The van der Waals surface area contributed by atoms with Crippen molar-refractivity contribution in [3.8, 4) is 0 Å². The lowest BCUT2D eigenvalue weighted by atomic mass is 10.2. The highest BCUT2D eigenvalue weighted by Crippen LogP contribution is 2.34. The quantitative estimate of drug-likeness (QED) is 0.806. The standard InChI is InChI=1S/C18H25FN2O/c1-20(12-14-5-4-6-15(19)11-14)13-18(22)21(17-9-10-17)16-7-2-3-8-16/h4-6,11,16-17H,2-3,7-10,12-13H2,1H3. The predicted octanol–water partition coefficient (Wildman–Crippen LogP) is 3.19. The van der Waals surface area contributed by atoms with E-state index in [-0.39, 0.29) is 11.7 Å². The van der Waals surface area contributed by atoms with E-state index in [9.17, 15) is 9.18 Å². The van der Waals surface area contributed by atoms with E-state index in [2.05, 4.69) is 4.90 Å². The van der Waals surface area contributed by atoms with E-state index in [1.807, 2.05) is 18.0 Å². The Morgan fingerprint density at radius 3 is 2.50 bits per heavy atom. The van der Waals surface area contributed by atoms with Gasteiger partial charge in [0.05, 0.1) is 6.54 Å². The minimum atomic E-state index is -0.220. The first-order valence-corrected chi connectivity index (χ1v) is 8.37. The number of hydrogen-bond acceptors (Lipinski definition) is 2. The highest BCUT2D eigenvalue weighted by molar-refractivity contribution is 5.79. The van der Waals surface area contributed by atoms with E-state index in [4.69, 9.17) is 0 Å². The molecule has 2 aliphatic rings. The summed E-state index contributed by atoms with van der Waals surface area (Å²) in [6.45, 7) is 1.02. The molecule has 1 amide bonds. The molecule has 0 bridgehead atoms. The molecule has 2 saturated carbocycles. The number of carbonyl (C=O) groups is 1. The minimum absolute atomic E-state index is 0.220. The predicted molar refractivity (Wildman–Crippen MR) is 84.9 cm³/mol. The van der Waals surface area contributed by atoms with Gasteiger partial charge in [-0.3, -0.25) is 9.69 Å². The second-order valence-electron chi connectivity index (χ2n) is 6.77. The maximum Gasteiger partial charge on any atom is 0.237 e. The van der Waals surface area contributed by atoms with Crippen LogP contribution in [-0.4, -0.2) is 41.4 Å². The molecule has 4 heteroatoms. The first-order chi connectivity index (χ1) is 10.6. The molecule has 0 N–H and O–H groups in total. The zero-order chi connectivity index (χ0) is 15.5. The lowest BCUT2D eigenvalue weighted by molar-refractivity contribution is -0.135. The fraction of sp³-hybridized carbons (Fsp3) is 0.611. The molecule has 0 heterocycles. The van der Waals surface area contributed by atoms with Crippen molar-refractivity contribution in [2.45, 2.75) is 57.2 Å². The second-order valence-corrected chi connectivity index (χ2v) is 6.77. The van der Waals surface area contributed by atoms with E-state index in [1.54, 1.807) is 6.07 Å². The van der Waals surface area contributed by atoms with Gasteiger partial charge in [0.15, 0.2) is 0 Å². The van der Waals surface area contributed by atoms with Gasteiger partial charge < -0.3 is 4.90 Å². The molecular weight excluding hydrogens is 279 g/mol. The van der Waals surface area contributed by atoms with Crippen LogP contribution in [0, 0.1) is 5.82 Å². The molecule has 2 fully saturated rings. The Labute approximate surface area is 132 Å². The highest BCUT2D eigenvalue weighted by atomic mass is 19.1. The average molecular weight is 304 g/mol. The average Bonchev–Trinajstić information content (AvgIpc) is 3.13. The lowest BCUT2D eigenvalue weighted by Crippen LogP contribution is -2.45. The van der Waals surface area contributed by atoms with Gasteiger partial charge in [0.25, 0.3) is 0 Å². The molecule has 2 aliphatic carbocycles. The van der Waals surface area contributed by atoms with Crippen molar-refractivity contribution >= 4 is 5.91 Å². The smallest absolute Gasteiger partial charge is 0.237 e. The summed E-state index contributed by atoms with van der Waals surface area (Å²) in [6, 6.07) is 7.55. The van der Waals surface area contributed by atoms with Crippen LogP contribution in [-0.2, 0) is 11.3 Å². The van der Waals surface area contributed by atoms with Crippen molar-refractivity contribution in [2.24, 2.45) is 0 Å². The van der Waals surface area contributed by atoms with Crippen LogP contribution in [0.4, 0.5) is 4.39 Å². The van der Waals surface area contributed by atoms with Gasteiger partial charge in [0.2, 0.25) is 5.91 Å². The fourth-order valence-electron chi connectivity index (χ4n) is 3.56. The van der Waals surface area contributed by atoms with Gasteiger partial charge in [-0.1, -0.05) is 25.0 Å². The van der Waals surface area contributed by atoms with Gasteiger partial charge in [-0.05, 0) is 50.4 Å². The van der Waals surface area contributed by atoms with Gasteiger partial charge in [-0.2, -0.15) is 0 Å². The molecule has 0 spiro atoms. The second kappa shape index (κ2) is 6.78. The van der Waals surface area contributed by atoms with Crippen LogP contribution < -0.4 is 0 Å². The Hall–Kier alpha value is -1.42. The van der Waals surface area contributed by atoms with Crippen molar-refractivity contribution in [2.75, 3.05) is 13.6 Å². The molecule has 0 radical (unpaired) electrons. The molecular formula is C18H25FN2O. The van der Waals surface area contributed by atoms with Crippen LogP contribution in [0.25, 0.3) is 0 Å². The van der Waals surface area contributed by atoms with E-state index in [0.717, 1.165) is 31.2 Å². The third-order valence-electron chi connectivity index (χ3n) is 4.69. The third-order valence-corrected chi connectivity index (χ3v) is 4.69. The third kappa shape index (κ3) is 3.86. The Morgan fingerprint density at radius 1 is 1.18 bits per heavy atom. The normalized spacial score (nSPS) is 18.9. The fourth-order valence-corrected chi connectivity index (χ4v) is 3.56. The summed E-state index contributed by atoms with van der Waals surface area (Å²) in [6.07, 6.45) is 7.15. The lowest BCUT2D eigenvalue weighted by Gasteiger charge is -2.31. The van der Waals surface area contributed by atoms with Gasteiger partial charge >= 0.3 is 0 Å². The molecule has 1 aromatic rings. The molecule has 1 aromatic carbocycles. The number of amides is 1. The summed E-state index contributed by atoms with van der Waals surface area (Å²) in [7, 11) is 1.93. The van der Waals surface area contributed by atoms with Crippen LogP contribution in [0.15, 0.2) is 24.3 Å². The Morgan fingerprint density at radius 2 is 1.86 bits per heavy atom. The Kier molecular flexibility index (Phi) is 4.77. The van der Waals surface area contributed by atoms with Crippen LogP contribution in [0.2, 0.25) is 0 Å². The van der Waals surface area contributed by atoms with E-state index >= 15 is 0 Å². The molecule has 3 rings (SSSR count). The number of carbonyl (C=O) groups excluding carboxylic acids is 1. The molecule has 0 aliphatic heterocycles. The first-order valence-electron chi connectivity index (χ1n) is 8.37. The first kappa shape index (κ1) is 15.5. The molecule has 22 heavy (non-hydrogen) atoms. The molecule has 120 valence electrons. The van der Waals surface area contributed by atoms with Gasteiger partial charge in [-0.25, -0.2) is 4.39 Å². The summed E-state index contributed by atoms with van der Waals surface area (Å²) in [4.78, 5) is 16.8. The SMILES string of the molecule is CN(CC(=O)N(C1CCCC1)C1CC1)Cc1cccc(F)c1. The molecule has 0 saturated heterocycles. The van der Waals surface area contributed by atoms with E-state index < -0.39 is 0 Å². The maximum atomic E-state index is 13.2. The van der Waals surface area contributed by atoms with E-state index in [1.165, 1.54) is 25.0 Å². The number of hydrogen-bond donors (Lipinski definition) is 0. The summed E-state index contributed by atoms with van der Waals surface area (Å²) in [5.74, 6) is 0.0242. The monoisotopic (exact) mass is 304 g/mol. The summed E-state index contributed by atoms with van der Waals surface area (Å²) in [5.41, 5.74) is 0.911. The van der Waals surface area contributed by atoms with Crippen molar-refractivity contribution in [3.63, 3.8) is 0 Å². The topological polar surface area (TPSA) is 23.6 Å². The highest BCUT2D eigenvalue weighted by Gasteiger charge is 2.38. The van der Waals surface area contributed by atoms with Crippen molar-refractivity contribution in [3.05, 3.63) is 35.6 Å². The molecule has 0 unspecified atom stereocenters. The number of likely N-dealkylation sites (N-methyl/N-ethyl adjacent to an activating group) is 1. The van der Waals surface area contributed by atoms with Crippen molar-refractivity contribution < 1.29 is 9.18 Å². The summed E-state index contributed by atoms with van der Waals surface area (Å²) >= 11 is 0. The van der Waals surface area contributed by atoms with Gasteiger partial charge in [0.1, 0.15) is 5.82 Å². The molecule has 0 atom stereocenters. The maximum absolute atomic E-state index is 13.2.